The van der Waals surface area contributed by atoms with Crippen molar-refractivity contribution in [2.75, 3.05) is 6.61 Å². The van der Waals surface area contributed by atoms with Crippen LogP contribution in [0.5, 0.6) is 0 Å². The van der Waals surface area contributed by atoms with E-state index < -0.39 is 5.97 Å². The highest BCUT2D eigenvalue weighted by Gasteiger charge is 2.64. The van der Waals surface area contributed by atoms with Crippen molar-refractivity contribution in [3.8, 4) is 0 Å². The first-order valence-electron chi connectivity index (χ1n) is 12.1. The van der Waals surface area contributed by atoms with Crippen LogP contribution in [-0.4, -0.2) is 41.6 Å². The Morgan fingerprint density at radius 2 is 1.71 bits per heavy atom. The number of carbonyl (C=O) groups excluding carboxylic acids is 3. The van der Waals surface area contributed by atoms with Crippen LogP contribution in [0.1, 0.15) is 79.1 Å². The van der Waals surface area contributed by atoms with E-state index in [1.165, 1.54) is 13.8 Å². The first kappa shape index (κ1) is 22.8. The molecule has 0 radical (unpaired) electrons. The summed E-state index contributed by atoms with van der Waals surface area (Å²) in [4.78, 5) is 36.3. The molecule has 1 N–H and O–H groups in total. The average Bonchev–Trinajstić information content (AvgIpc) is 3.02. The summed E-state index contributed by atoms with van der Waals surface area (Å²) in [5, 5.41) is 10.3. The van der Waals surface area contributed by atoms with Crippen LogP contribution >= 0.6 is 0 Å². The number of carbonyl (C=O) groups is 3. The first-order chi connectivity index (χ1) is 14.6. The molecule has 0 aromatic rings. The predicted molar refractivity (Wildman–Crippen MR) is 114 cm³/mol. The van der Waals surface area contributed by atoms with Crippen LogP contribution in [0.4, 0.5) is 0 Å². The molecule has 174 valence electrons. The van der Waals surface area contributed by atoms with Crippen molar-refractivity contribution in [1.29, 1.82) is 0 Å². The highest BCUT2D eigenvalue weighted by Crippen LogP contribution is 2.68. The number of aliphatic hydroxyl groups is 1. The van der Waals surface area contributed by atoms with E-state index in [0.29, 0.717) is 24.2 Å². The molecule has 4 fully saturated rings. The molecule has 4 aliphatic rings. The third-order valence-corrected chi connectivity index (χ3v) is 9.67. The Kier molecular flexibility index (Phi) is 5.99. The average molecular weight is 435 g/mol. The summed E-state index contributed by atoms with van der Waals surface area (Å²) >= 11 is 0. The standard InChI is InChI=1S/C25H38O6/c1-14(26)30-13-21(29)20-8-7-19-18-6-5-16-11-17(28)9-10-24(16,3)23(18)22(31-15(2)27)12-25(19,20)4/h16-20,22-23,28H,5-13H2,1-4H3/t16-,17-,18-,19-,20+,22+,23+,24-,25-/m0/s1. The Labute approximate surface area is 185 Å². The van der Waals surface area contributed by atoms with Crippen LogP contribution in [0.3, 0.4) is 0 Å². The molecule has 0 aliphatic heterocycles. The third kappa shape index (κ3) is 3.83. The lowest BCUT2D eigenvalue weighted by molar-refractivity contribution is -0.198. The van der Waals surface area contributed by atoms with Gasteiger partial charge in [0.1, 0.15) is 12.7 Å². The molecule has 0 amide bonds. The lowest BCUT2D eigenvalue weighted by Crippen LogP contribution is -2.60. The number of esters is 2. The molecular weight excluding hydrogens is 396 g/mol. The monoisotopic (exact) mass is 434 g/mol. The van der Waals surface area contributed by atoms with Crippen LogP contribution in [0.25, 0.3) is 0 Å². The van der Waals surface area contributed by atoms with Crippen LogP contribution in [0.2, 0.25) is 0 Å². The van der Waals surface area contributed by atoms with E-state index in [2.05, 4.69) is 13.8 Å². The van der Waals surface area contributed by atoms with Gasteiger partial charge in [0, 0.05) is 25.7 Å². The van der Waals surface area contributed by atoms with Gasteiger partial charge in [-0.15, -0.1) is 0 Å². The van der Waals surface area contributed by atoms with Gasteiger partial charge in [0.15, 0.2) is 5.78 Å². The molecule has 4 aliphatic carbocycles. The predicted octanol–water partition coefficient (Wildman–Crippen LogP) is 3.68. The number of rotatable bonds is 4. The molecular formula is C25H38O6. The lowest BCUT2D eigenvalue weighted by Gasteiger charge is -2.62. The van der Waals surface area contributed by atoms with Gasteiger partial charge in [0.05, 0.1) is 6.10 Å². The molecule has 0 bridgehead atoms. The Hall–Kier alpha value is -1.43. The Morgan fingerprint density at radius 1 is 0.968 bits per heavy atom. The van der Waals surface area contributed by atoms with Gasteiger partial charge < -0.3 is 14.6 Å². The number of ketones is 1. The second kappa shape index (κ2) is 8.17. The Morgan fingerprint density at radius 3 is 2.39 bits per heavy atom. The van der Waals surface area contributed by atoms with E-state index in [9.17, 15) is 19.5 Å². The molecule has 0 saturated heterocycles. The van der Waals surface area contributed by atoms with Gasteiger partial charge in [-0.3, -0.25) is 14.4 Å². The quantitative estimate of drug-likeness (QED) is 0.679. The second-order valence-corrected chi connectivity index (χ2v) is 11.2. The summed E-state index contributed by atoms with van der Waals surface area (Å²) in [6.07, 6.45) is 6.89. The fourth-order valence-corrected chi connectivity index (χ4v) is 8.45. The summed E-state index contributed by atoms with van der Waals surface area (Å²) in [5.41, 5.74) is -0.181. The van der Waals surface area contributed by atoms with Crippen molar-refractivity contribution >= 4 is 17.7 Å². The van der Waals surface area contributed by atoms with Crippen molar-refractivity contribution in [2.45, 2.75) is 91.3 Å². The normalized spacial score (nSPS) is 46.3. The van der Waals surface area contributed by atoms with Crippen molar-refractivity contribution in [1.82, 2.24) is 0 Å². The maximum atomic E-state index is 13.0. The van der Waals surface area contributed by atoms with Crippen LogP contribution in [0, 0.1) is 40.4 Å². The minimum absolute atomic E-state index is 0.000844. The van der Waals surface area contributed by atoms with Crippen molar-refractivity contribution in [2.24, 2.45) is 40.4 Å². The zero-order valence-corrected chi connectivity index (χ0v) is 19.4. The largest absolute Gasteiger partial charge is 0.462 e. The summed E-state index contributed by atoms with van der Waals surface area (Å²) in [5.74, 6) is 0.737. The van der Waals surface area contributed by atoms with Gasteiger partial charge in [-0.25, -0.2) is 0 Å². The van der Waals surface area contributed by atoms with Gasteiger partial charge in [-0.05, 0) is 80.0 Å². The topological polar surface area (TPSA) is 89.9 Å². The number of hydrogen-bond donors (Lipinski definition) is 1. The molecule has 6 nitrogen and oxygen atoms in total. The highest BCUT2D eigenvalue weighted by atomic mass is 16.5. The minimum Gasteiger partial charge on any atom is -0.462 e. The van der Waals surface area contributed by atoms with E-state index >= 15 is 0 Å². The molecule has 4 saturated carbocycles. The molecule has 0 aromatic carbocycles. The van der Waals surface area contributed by atoms with Gasteiger partial charge in [-0.2, -0.15) is 0 Å². The van der Waals surface area contributed by atoms with E-state index in [-0.39, 0.29) is 53.2 Å². The second-order valence-electron chi connectivity index (χ2n) is 11.2. The summed E-state index contributed by atoms with van der Waals surface area (Å²) in [6, 6.07) is 0. The Balaban J connectivity index is 1.65. The van der Waals surface area contributed by atoms with Gasteiger partial charge >= 0.3 is 11.9 Å². The summed E-state index contributed by atoms with van der Waals surface area (Å²) < 4.78 is 11.0. The maximum Gasteiger partial charge on any atom is 0.303 e. The molecule has 0 aromatic heterocycles. The molecule has 9 atom stereocenters. The first-order valence-corrected chi connectivity index (χ1v) is 12.1. The fraction of sp³-hybridized carbons (Fsp3) is 0.880. The summed E-state index contributed by atoms with van der Waals surface area (Å²) in [7, 11) is 0. The number of hydrogen-bond acceptors (Lipinski definition) is 6. The van der Waals surface area contributed by atoms with E-state index in [1.54, 1.807) is 0 Å². The lowest BCUT2D eigenvalue weighted by atomic mass is 9.43. The molecule has 0 heterocycles. The molecule has 4 rings (SSSR count). The zero-order valence-electron chi connectivity index (χ0n) is 19.4. The van der Waals surface area contributed by atoms with E-state index in [1.807, 2.05) is 0 Å². The molecule has 0 unspecified atom stereocenters. The Bertz CT molecular complexity index is 748. The number of Topliss-reactive ketones (excluding diaryl/α,β-unsaturated/α-hetero) is 1. The number of aliphatic hydroxyl groups excluding tert-OH is 1. The SMILES string of the molecule is CC(=O)OCC(=O)[C@H]1CC[C@H]2[C@@H]3CC[C@H]4C[C@@H](O)CC[C@]4(C)[C@H]3[C@H](OC(C)=O)C[C@]12C. The van der Waals surface area contributed by atoms with E-state index in [0.717, 1.165) is 44.9 Å². The van der Waals surface area contributed by atoms with Crippen molar-refractivity contribution in [3.63, 3.8) is 0 Å². The van der Waals surface area contributed by atoms with E-state index in [4.69, 9.17) is 9.47 Å². The molecule has 0 spiro atoms. The van der Waals surface area contributed by atoms with Crippen molar-refractivity contribution in [3.05, 3.63) is 0 Å². The number of ether oxygens (including phenoxy) is 2. The summed E-state index contributed by atoms with van der Waals surface area (Å²) in [6.45, 7) is 7.21. The number of fused-ring (bicyclic) bond motifs is 5. The van der Waals surface area contributed by atoms with Gasteiger partial charge in [-0.1, -0.05) is 13.8 Å². The molecule has 31 heavy (non-hydrogen) atoms. The fourth-order valence-electron chi connectivity index (χ4n) is 8.45. The van der Waals surface area contributed by atoms with Gasteiger partial charge in [0.25, 0.3) is 0 Å². The zero-order chi connectivity index (χ0) is 22.6. The third-order valence-electron chi connectivity index (χ3n) is 9.67. The highest BCUT2D eigenvalue weighted by molar-refractivity contribution is 5.85. The van der Waals surface area contributed by atoms with Crippen LogP contribution < -0.4 is 0 Å². The smallest absolute Gasteiger partial charge is 0.303 e. The van der Waals surface area contributed by atoms with Crippen LogP contribution in [-0.2, 0) is 23.9 Å². The van der Waals surface area contributed by atoms with Gasteiger partial charge in [0.2, 0.25) is 0 Å². The van der Waals surface area contributed by atoms with Crippen LogP contribution in [0.15, 0.2) is 0 Å². The minimum atomic E-state index is -0.430. The molecule has 6 heteroatoms. The van der Waals surface area contributed by atoms with Crippen molar-refractivity contribution < 1.29 is 29.0 Å². The maximum absolute atomic E-state index is 13.0.